The summed E-state index contributed by atoms with van der Waals surface area (Å²) in [6.45, 7) is 7.81. The number of fused-ring (bicyclic) bond motifs is 1. The molecule has 1 aromatic carbocycles. The molecular weight excluding hydrogens is 394 g/mol. The lowest BCUT2D eigenvalue weighted by molar-refractivity contribution is -0.117. The van der Waals surface area contributed by atoms with Crippen LogP contribution in [0.15, 0.2) is 36.5 Å². The van der Waals surface area contributed by atoms with Gasteiger partial charge < -0.3 is 10.0 Å². The van der Waals surface area contributed by atoms with E-state index in [1.54, 1.807) is 30.9 Å². The Hall–Kier alpha value is -3.57. The van der Waals surface area contributed by atoms with Gasteiger partial charge in [-0.3, -0.25) is 9.59 Å². The zero-order valence-electron chi connectivity index (χ0n) is 18.6. The van der Waals surface area contributed by atoms with Crippen molar-refractivity contribution in [1.82, 2.24) is 24.9 Å². The predicted molar refractivity (Wildman–Crippen MR) is 121 cm³/mol. The number of terminal acetylenes is 1. The van der Waals surface area contributed by atoms with Crippen molar-refractivity contribution in [3.05, 3.63) is 47.8 Å². The number of aromatic nitrogens is 4. The number of amides is 1. The SMILES string of the molecule is C#Cc1cccc(-n2nc(C(C)=O)c3ccnnc32)c1.CC.CC(O)CCN(C)C=O. The maximum atomic E-state index is 11.7. The average Bonchev–Trinajstić information content (AvgIpc) is 3.19. The summed E-state index contributed by atoms with van der Waals surface area (Å²) in [4.78, 5) is 23.1. The van der Waals surface area contributed by atoms with Crippen molar-refractivity contribution in [2.45, 2.75) is 40.2 Å². The Kier molecular flexibility index (Phi) is 10.6. The van der Waals surface area contributed by atoms with Crippen LogP contribution in [0.25, 0.3) is 16.7 Å². The molecule has 1 N–H and O–H groups in total. The summed E-state index contributed by atoms with van der Waals surface area (Å²) >= 11 is 0. The summed E-state index contributed by atoms with van der Waals surface area (Å²) in [6, 6.07) is 9.05. The molecule has 8 nitrogen and oxygen atoms in total. The summed E-state index contributed by atoms with van der Waals surface area (Å²) in [5.74, 6) is 2.45. The van der Waals surface area contributed by atoms with Crippen LogP contribution in [0.1, 0.15) is 50.2 Å². The third-order valence-corrected chi connectivity index (χ3v) is 4.03. The molecule has 8 heteroatoms. The number of Topliss-reactive ketones (excluding diaryl/α,β-unsaturated/α-hetero) is 1. The van der Waals surface area contributed by atoms with Crippen molar-refractivity contribution < 1.29 is 14.7 Å². The molecule has 0 saturated heterocycles. The minimum Gasteiger partial charge on any atom is -0.393 e. The molecule has 164 valence electrons. The fourth-order valence-electron chi connectivity index (χ4n) is 2.48. The number of hydrogen-bond donors (Lipinski definition) is 1. The highest BCUT2D eigenvalue weighted by atomic mass is 16.3. The molecule has 0 aliphatic rings. The largest absolute Gasteiger partial charge is 0.393 e. The van der Waals surface area contributed by atoms with Crippen molar-refractivity contribution >= 4 is 23.2 Å². The van der Waals surface area contributed by atoms with E-state index in [2.05, 4.69) is 21.2 Å². The molecule has 1 unspecified atom stereocenters. The molecule has 0 radical (unpaired) electrons. The molecule has 2 aromatic heterocycles. The van der Waals surface area contributed by atoms with Gasteiger partial charge in [-0.2, -0.15) is 10.2 Å². The first-order chi connectivity index (χ1) is 14.9. The van der Waals surface area contributed by atoms with E-state index in [-0.39, 0.29) is 11.9 Å². The minimum absolute atomic E-state index is 0.116. The molecular formula is C23H29N5O3. The van der Waals surface area contributed by atoms with E-state index in [4.69, 9.17) is 11.5 Å². The van der Waals surface area contributed by atoms with Gasteiger partial charge in [0.05, 0.1) is 23.4 Å². The Morgan fingerprint density at radius 1 is 1.35 bits per heavy atom. The second-order valence-electron chi connectivity index (χ2n) is 6.50. The summed E-state index contributed by atoms with van der Waals surface area (Å²) in [6.07, 6.45) is 8.03. The highest BCUT2D eigenvalue weighted by molar-refractivity contribution is 6.04. The van der Waals surface area contributed by atoms with Crippen LogP contribution in [0.2, 0.25) is 0 Å². The average molecular weight is 424 g/mol. The van der Waals surface area contributed by atoms with Crippen LogP contribution in [0.3, 0.4) is 0 Å². The summed E-state index contributed by atoms with van der Waals surface area (Å²) in [5.41, 5.74) is 2.39. The van der Waals surface area contributed by atoms with Crippen LogP contribution in [-0.4, -0.2) is 61.9 Å². The van der Waals surface area contributed by atoms with Crippen molar-refractivity contribution in [2.75, 3.05) is 13.6 Å². The topological polar surface area (TPSA) is 101 Å². The monoisotopic (exact) mass is 423 g/mol. The number of nitrogens with zero attached hydrogens (tertiary/aromatic N) is 5. The number of aliphatic hydroxyl groups excluding tert-OH is 1. The number of carbonyl (C=O) groups is 2. The number of hydrogen-bond acceptors (Lipinski definition) is 6. The third-order valence-electron chi connectivity index (χ3n) is 4.03. The van der Waals surface area contributed by atoms with Crippen molar-refractivity contribution in [3.63, 3.8) is 0 Å². The van der Waals surface area contributed by atoms with E-state index >= 15 is 0 Å². The van der Waals surface area contributed by atoms with Gasteiger partial charge in [-0.05, 0) is 37.6 Å². The van der Waals surface area contributed by atoms with E-state index < -0.39 is 0 Å². The van der Waals surface area contributed by atoms with Gasteiger partial charge in [0.1, 0.15) is 5.69 Å². The summed E-state index contributed by atoms with van der Waals surface area (Å²) in [7, 11) is 1.69. The van der Waals surface area contributed by atoms with E-state index in [9.17, 15) is 9.59 Å². The normalized spacial score (nSPS) is 10.6. The van der Waals surface area contributed by atoms with Gasteiger partial charge in [0.2, 0.25) is 6.41 Å². The molecule has 0 aliphatic carbocycles. The highest BCUT2D eigenvalue weighted by Gasteiger charge is 2.16. The molecule has 0 saturated carbocycles. The van der Waals surface area contributed by atoms with Crippen LogP contribution in [0, 0.1) is 12.3 Å². The Morgan fingerprint density at radius 2 is 2.06 bits per heavy atom. The first-order valence-corrected chi connectivity index (χ1v) is 9.99. The minimum atomic E-state index is -0.313. The van der Waals surface area contributed by atoms with E-state index in [0.29, 0.717) is 29.7 Å². The number of rotatable bonds is 6. The van der Waals surface area contributed by atoms with Crippen molar-refractivity contribution in [1.29, 1.82) is 0 Å². The Balaban J connectivity index is 0.000000372. The molecule has 31 heavy (non-hydrogen) atoms. The van der Waals surface area contributed by atoms with Crippen molar-refractivity contribution in [3.8, 4) is 18.0 Å². The number of carbonyl (C=O) groups excluding carboxylic acids is 2. The van der Waals surface area contributed by atoms with Crippen LogP contribution in [0.4, 0.5) is 0 Å². The predicted octanol–water partition coefficient (Wildman–Crippen LogP) is 2.87. The highest BCUT2D eigenvalue weighted by Crippen LogP contribution is 2.20. The zero-order chi connectivity index (χ0) is 23.4. The molecule has 0 bridgehead atoms. The Bertz CT molecular complexity index is 1040. The molecule has 0 fully saturated rings. The van der Waals surface area contributed by atoms with Crippen LogP contribution in [0.5, 0.6) is 0 Å². The van der Waals surface area contributed by atoms with Crippen molar-refractivity contribution in [2.24, 2.45) is 0 Å². The molecule has 1 atom stereocenters. The van der Waals surface area contributed by atoms with E-state index in [0.717, 1.165) is 17.7 Å². The summed E-state index contributed by atoms with van der Waals surface area (Å²) < 4.78 is 1.58. The Morgan fingerprint density at radius 3 is 2.65 bits per heavy atom. The van der Waals surface area contributed by atoms with E-state index in [1.165, 1.54) is 11.8 Å². The van der Waals surface area contributed by atoms with Gasteiger partial charge in [0, 0.05) is 26.1 Å². The fraction of sp³-hybridized carbons (Fsp3) is 0.348. The van der Waals surface area contributed by atoms with Crippen LogP contribution < -0.4 is 0 Å². The van der Waals surface area contributed by atoms with Crippen LogP contribution in [-0.2, 0) is 4.79 Å². The third kappa shape index (κ3) is 7.32. The second kappa shape index (κ2) is 12.9. The lowest BCUT2D eigenvalue weighted by Gasteiger charge is -2.10. The smallest absolute Gasteiger partial charge is 0.209 e. The quantitative estimate of drug-likeness (QED) is 0.372. The number of ketones is 1. The first-order valence-electron chi connectivity index (χ1n) is 9.99. The molecule has 3 rings (SSSR count). The lowest BCUT2D eigenvalue weighted by Crippen LogP contribution is -2.20. The zero-order valence-corrected chi connectivity index (χ0v) is 18.6. The number of aliphatic hydroxyl groups is 1. The first kappa shape index (κ1) is 25.5. The fourth-order valence-corrected chi connectivity index (χ4v) is 2.48. The van der Waals surface area contributed by atoms with Gasteiger partial charge in [-0.25, -0.2) is 4.68 Å². The van der Waals surface area contributed by atoms with Gasteiger partial charge in [0.25, 0.3) is 0 Å². The second-order valence-corrected chi connectivity index (χ2v) is 6.50. The van der Waals surface area contributed by atoms with E-state index in [1.807, 2.05) is 38.1 Å². The van der Waals surface area contributed by atoms with Gasteiger partial charge in [-0.1, -0.05) is 25.8 Å². The van der Waals surface area contributed by atoms with Gasteiger partial charge >= 0.3 is 0 Å². The molecule has 1 amide bonds. The Labute approximate surface area is 182 Å². The van der Waals surface area contributed by atoms with Crippen LogP contribution >= 0.6 is 0 Å². The lowest BCUT2D eigenvalue weighted by atomic mass is 10.2. The molecule has 0 spiro atoms. The molecule has 0 aliphatic heterocycles. The maximum absolute atomic E-state index is 11.7. The molecule has 3 aromatic rings. The standard InChI is InChI=1S/C15H10N4O.C6H13NO2.C2H6/c1-3-11-5-4-6-12(9-11)19-15-13(7-8-16-17-15)14(18-19)10(2)20;1-6(9)3-4-7(2)5-8;1-2/h1,4-9H,2H3;5-6,9H,3-4H2,1-2H3;1-2H3. The number of benzene rings is 1. The summed E-state index contributed by atoms with van der Waals surface area (Å²) in [5, 5.41) is 21.7. The van der Waals surface area contributed by atoms with Gasteiger partial charge in [0.15, 0.2) is 11.4 Å². The maximum Gasteiger partial charge on any atom is 0.209 e. The van der Waals surface area contributed by atoms with Gasteiger partial charge in [-0.15, -0.1) is 11.5 Å². The molecule has 2 heterocycles.